The van der Waals surface area contributed by atoms with Crippen LogP contribution in [0.3, 0.4) is 0 Å². The molecule has 0 fully saturated rings. The van der Waals surface area contributed by atoms with Gasteiger partial charge >= 0.3 is 0 Å². The first-order valence-corrected chi connectivity index (χ1v) is 7.83. The monoisotopic (exact) mass is 321 g/mol. The molecule has 0 aliphatic heterocycles. The zero-order chi connectivity index (χ0) is 15.5. The Morgan fingerprint density at radius 1 is 1.24 bits per heavy atom. The van der Waals surface area contributed by atoms with Gasteiger partial charge < -0.3 is 5.73 Å². The lowest BCUT2D eigenvalue weighted by molar-refractivity contribution is 0.582. The predicted octanol–water partition coefficient (Wildman–Crippen LogP) is 2.27. The summed E-state index contributed by atoms with van der Waals surface area (Å²) in [4.78, 5) is -0.0615. The van der Waals surface area contributed by atoms with E-state index in [0.29, 0.717) is 16.1 Å². The predicted molar refractivity (Wildman–Crippen MR) is 81.0 cm³/mol. The molecule has 0 radical (unpaired) electrons. The van der Waals surface area contributed by atoms with Gasteiger partial charge in [0.1, 0.15) is 4.90 Å². The van der Waals surface area contributed by atoms with Crippen molar-refractivity contribution in [3.05, 3.63) is 58.6 Å². The fraction of sp³-hybridized carbons (Fsp3) is 0.0714. The number of nitriles is 1. The number of sulfonamides is 1. The molecule has 0 aliphatic rings. The summed E-state index contributed by atoms with van der Waals surface area (Å²) in [6.45, 7) is 0.0570. The summed E-state index contributed by atoms with van der Waals surface area (Å²) < 4.78 is 26.9. The second-order valence-electron chi connectivity index (χ2n) is 4.28. The average molecular weight is 322 g/mol. The quantitative estimate of drug-likeness (QED) is 0.844. The third-order valence-corrected chi connectivity index (χ3v) is 4.68. The molecule has 0 amide bonds. The van der Waals surface area contributed by atoms with Crippen molar-refractivity contribution in [2.75, 3.05) is 5.73 Å². The first kappa shape index (κ1) is 15.3. The van der Waals surface area contributed by atoms with Crippen molar-refractivity contribution >= 4 is 27.3 Å². The highest BCUT2D eigenvalue weighted by atomic mass is 35.5. The van der Waals surface area contributed by atoms with Gasteiger partial charge in [0, 0.05) is 11.6 Å². The van der Waals surface area contributed by atoms with Crippen molar-refractivity contribution in [3.63, 3.8) is 0 Å². The summed E-state index contributed by atoms with van der Waals surface area (Å²) in [7, 11) is -3.77. The molecule has 0 spiro atoms. The lowest BCUT2D eigenvalue weighted by Crippen LogP contribution is -2.24. The Bertz CT molecular complexity index is 813. The first-order valence-electron chi connectivity index (χ1n) is 5.97. The Kier molecular flexibility index (Phi) is 4.48. The number of anilines is 1. The largest absolute Gasteiger partial charge is 0.398 e. The van der Waals surface area contributed by atoms with Crippen LogP contribution in [0.4, 0.5) is 5.69 Å². The maximum absolute atomic E-state index is 12.2. The van der Waals surface area contributed by atoms with Crippen molar-refractivity contribution in [3.8, 4) is 6.07 Å². The van der Waals surface area contributed by atoms with Crippen LogP contribution in [0.2, 0.25) is 5.02 Å². The van der Waals surface area contributed by atoms with Crippen molar-refractivity contribution in [1.82, 2.24) is 4.72 Å². The van der Waals surface area contributed by atoms with Crippen LogP contribution in [-0.2, 0) is 16.6 Å². The zero-order valence-corrected chi connectivity index (χ0v) is 12.4. The standard InChI is InChI=1S/C14H12ClN3O2S/c15-12-4-2-1-3-11(12)9-18-21(19,20)14-6-5-10(8-16)7-13(14)17/h1-7,18H,9,17H2. The molecule has 0 bridgehead atoms. The maximum atomic E-state index is 12.2. The molecule has 2 aromatic carbocycles. The van der Waals surface area contributed by atoms with Gasteiger partial charge in [-0.25, -0.2) is 13.1 Å². The highest BCUT2D eigenvalue weighted by Gasteiger charge is 2.17. The Hall–Kier alpha value is -2.07. The molecule has 2 rings (SSSR count). The van der Waals surface area contributed by atoms with Gasteiger partial charge in [-0.1, -0.05) is 29.8 Å². The highest BCUT2D eigenvalue weighted by Crippen LogP contribution is 2.20. The van der Waals surface area contributed by atoms with E-state index in [0.717, 1.165) is 0 Å². The van der Waals surface area contributed by atoms with Gasteiger partial charge in [-0.3, -0.25) is 0 Å². The summed E-state index contributed by atoms with van der Waals surface area (Å²) in [5.74, 6) is 0. The molecule has 0 saturated heterocycles. The van der Waals surface area contributed by atoms with E-state index in [1.54, 1.807) is 24.3 Å². The van der Waals surface area contributed by atoms with E-state index in [4.69, 9.17) is 22.6 Å². The number of nitrogen functional groups attached to an aromatic ring is 1. The number of halogens is 1. The molecule has 0 saturated carbocycles. The molecule has 2 aromatic rings. The number of nitrogens with zero attached hydrogens (tertiary/aromatic N) is 1. The number of nitrogens with one attached hydrogen (secondary N) is 1. The molecule has 108 valence electrons. The summed E-state index contributed by atoms with van der Waals surface area (Å²) in [6, 6.07) is 12.9. The van der Waals surface area contributed by atoms with E-state index >= 15 is 0 Å². The van der Waals surface area contributed by atoms with Crippen LogP contribution in [0.25, 0.3) is 0 Å². The molecule has 0 unspecified atom stereocenters. The molecule has 0 atom stereocenters. The van der Waals surface area contributed by atoms with Crippen LogP contribution in [0.1, 0.15) is 11.1 Å². The second-order valence-corrected chi connectivity index (χ2v) is 6.42. The molecule has 5 nitrogen and oxygen atoms in total. The smallest absolute Gasteiger partial charge is 0.242 e. The Balaban J connectivity index is 2.24. The highest BCUT2D eigenvalue weighted by molar-refractivity contribution is 7.89. The van der Waals surface area contributed by atoms with E-state index < -0.39 is 10.0 Å². The number of rotatable bonds is 4. The Labute approximate surface area is 128 Å². The van der Waals surface area contributed by atoms with Crippen molar-refractivity contribution in [2.45, 2.75) is 11.4 Å². The van der Waals surface area contributed by atoms with Crippen molar-refractivity contribution < 1.29 is 8.42 Å². The van der Waals surface area contributed by atoms with Gasteiger partial charge in [0.15, 0.2) is 0 Å². The van der Waals surface area contributed by atoms with Crippen molar-refractivity contribution in [1.29, 1.82) is 5.26 Å². The maximum Gasteiger partial charge on any atom is 0.242 e. The normalized spacial score (nSPS) is 11.0. The topological polar surface area (TPSA) is 96.0 Å². The van der Waals surface area contributed by atoms with E-state index in [1.165, 1.54) is 18.2 Å². The summed E-state index contributed by atoms with van der Waals surface area (Å²) >= 11 is 5.97. The fourth-order valence-electron chi connectivity index (χ4n) is 1.76. The summed E-state index contributed by atoms with van der Waals surface area (Å²) in [5.41, 5.74) is 6.68. The van der Waals surface area contributed by atoms with Gasteiger partial charge in [-0.05, 0) is 29.8 Å². The van der Waals surface area contributed by atoms with E-state index in [1.807, 2.05) is 6.07 Å². The summed E-state index contributed by atoms with van der Waals surface area (Å²) in [5, 5.41) is 9.23. The zero-order valence-electron chi connectivity index (χ0n) is 10.9. The molecule has 21 heavy (non-hydrogen) atoms. The third-order valence-electron chi connectivity index (χ3n) is 2.84. The molecule has 0 aromatic heterocycles. The SMILES string of the molecule is N#Cc1ccc(S(=O)(=O)NCc2ccccc2Cl)c(N)c1. The lowest BCUT2D eigenvalue weighted by atomic mass is 10.2. The van der Waals surface area contributed by atoms with E-state index in [2.05, 4.69) is 4.72 Å². The van der Waals surface area contributed by atoms with Gasteiger partial charge in [-0.15, -0.1) is 0 Å². The first-order chi connectivity index (χ1) is 9.94. The molecule has 7 heteroatoms. The minimum absolute atomic E-state index is 0.0284. The number of nitrogens with two attached hydrogens (primary N) is 1. The molecule has 3 N–H and O–H groups in total. The number of benzene rings is 2. The Morgan fingerprint density at radius 2 is 1.95 bits per heavy atom. The van der Waals surface area contributed by atoms with Crippen LogP contribution in [-0.4, -0.2) is 8.42 Å². The minimum Gasteiger partial charge on any atom is -0.398 e. The van der Waals surface area contributed by atoms with Crippen LogP contribution >= 0.6 is 11.6 Å². The molecular formula is C14H12ClN3O2S. The van der Waals surface area contributed by atoms with Gasteiger partial charge in [0.2, 0.25) is 10.0 Å². The van der Waals surface area contributed by atoms with Crippen LogP contribution in [0.15, 0.2) is 47.4 Å². The van der Waals surface area contributed by atoms with Crippen LogP contribution in [0.5, 0.6) is 0 Å². The average Bonchev–Trinajstić information content (AvgIpc) is 2.46. The molecular weight excluding hydrogens is 310 g/mol. The van der Waals surface area contributed by atoms with Gasteiger partial charge in [0.05, 0.1) is 17.3 Å². The Morgan fingerprint density at radius 3 is 2.57 bits per heavy atom. The van der Waals surface area contributed by atoms with Gasteiger partial charge in [-0.2, -0.15) is 5.26 Å². The van der Waals surface area contributed by atoms with Gasteiger partial charge in [0.25, 0.3) is 0 Å². The number of hydrogen-bond acceptors (Lipinski definition) is 4. The van der Waals surface area contributed by atoms with E-state index in [-0.39, 0.29) is 17.1 Å². The van der Waals surface area contributed by atoms with E-state index in [9.17, 15) is 8.42 Å². The van der Waals surface area contributed by atoms with Crippen molar-refractivity contribution in [2.24, 2.45) is 0 Å². The summed E-state index contributed by atoms with van der Waals surface area (Å²) in [6.07, 6.45) is 0. The van der Waals surface area contributed by atoms with Crippen LogP contribution < -0.4 is 10.5 Å². The van der Waals surface area contributed by atoms with Crippen LogP contribution in [0, 0.1) is 11.3 Å². The molecule has 0 heterocycles. The fourth-order valence-corrected chi connectivity index (χ4v) is 3.07. The third kappa shape index (κ3) is 3.52. The minimum atomic E-state index is -3.77. The molecule has 0 aliphatic carbocycles. The lowest BCUT2D eigenvalue weighted by Gasteiger charge is -2.10. The number of hydrogen-bond donors (Lipinski definition) is 2. The second kappa shape index (κ2) is 6.14.